The Kier molecular flexibility index (Phi) is 2.63. The van der Waals surface area contributed by atoms with Crippen molar-refractivity contribution < 1.29 is 4.79 Å². The Morgan fingerprint density at radius 2 is 2.00 bits per heavy atom. The Balaban J connectivity index is 1.75. The molecule has 2 fully saturated rings. The van der Waals surface area contributed by atoms with Crippen LogP contribution in [0.3, 0.4) is 0 Å². The van der Waals surface area contributed by atoms with Crippen LogP contribution in [0.15, 0.2) is 23.3 Å². The van der Waals surface area contributed by atoms with Gasteiger partial charge >= 0.3 is 0 Å². The standard InChI is InChI=1S/C19H26O/c1-18-11-4-3-5-13(18)6-7-14-15-8-9-17(20)19(15,2)12-10-16(14)18/h6,8,14,16H,3-5,7,9-12H2,1-2H3/t14-,16-,18-,19-/m0/s1. The van der Waals surface area contributed by atoms with E-state index in [1.807, 2.05) is 0 Å². The molecule has 0 N–H and O–H groups in total. The number of hydrogen-bond acceptors (Lipinski definition) is 1. The van der Waals surface area contributed by atoms with E-state index in [1.165, 1.54) is 44.1 Å². The van der Waals surface area contributed by atoms with Crippen LogP contribution in [0.2, 0.25) is 0 Å². The van der Waals surface area contributed by atoms with Gasteiger partial charge < -0.3 is 0 Å². The van der Waals surface area contributed by atoms with Crippen LogP contribution < -0.4 is 0 Å². The molecule has 0 bridgehead atoms. The molecule has 0 radical (unpaired) electrons. The van der Waals surface area contributed by atoms with E-state index in [1.54, 1.807) is 5.57 Å². The van der Waals surface area contributed by atoms with Gasteiger partial charge in [-0.3, -0.25) is 4.79 Å². The van der Waals surface area contributed by atoms with Gasteiger partial charge in [-0.25, -0.2) is 0 Å². The van der Waals surface area contributed by atoms with Gasteiger partial charge in [0.15, 0.2) is 0 Å². The number of hydrogen-bond donors (Lipinski definition) is 0. The SMILES string of the molecule is C[C@]12CC[C@H]3[C@@H](CC=C4CCCC[C@@]43C)C1=CCC2=O. The summed E-state index contributed by atoms with van der Waals surface area (Å²) in [6.45, 7) is 4.74. The van der Waals surface area contributed by atoms with E-state index < -0.39 is 0 Å². The van der Waals surface area contributed by atoms with Gasteiger partial charge in [-0.05, 0) is 62.7 Å². The van der Waals surface area contributed by atoms with Crippen LogP contribution in [0.4, 0.5) is 0 Å². The summed E-state index contributed by atoms with van der Waals surface area (Å²) in [4.78, 5) is 12.3. The molecule has 4 atom stereocenters. The van der Waals surface area contributed by atoms with Crippen molar-refractivity contribution in [3.63, 3.8) is 0 Å². The molecule has 2 saturated carbocycles. The van der Waals surface area contributed by atoms with E-state index in [2.05, 4.69) is 26.0 Å². The summed E-state index contributed by atoms with van der Waals surface area (Å²) < 4.78 is 0. The lowest BCUT2D eigenvalue weighted by Crippen LogP contribution is -2.46. The van der Waals surface area contributed by atoms with Crippen LogP contribution in [0.5, 0.6) is 0 Å². The van der Waals surface area contributed by atoms with Gasteiger partial charge in [-0.2, -0.15) is 0 Å². The highest BCUT2D eigenvalue weighted by molar-refractivity contribution is 5.92. The maximum absolute atomic E-state index is 12.3. The molecule has 0 spiro atoms. The normalized spacial score (nSPS) is 47.0. The van der Waals surface area contributed by atoms with Crippen LogP contribution >= 0.6 is 0 Å². The number of carbonyl (C=O) groups excluding carboxylic acids is 1. The molecule has 0 unspecified atom stereocenters. The summed E-state index contributed by atoms with van der Waals surface area (Å²) in [5.41, 5.74) is 3.60. The molecule has 4 aliphatic rings. The van der Waals surface area contributed by atoms with Gasteiger partial charge in [-0.1, -0.05) is 36.6 Å². The van der Waals surface area contributed by atoms with Crippen LogP contribution in [0, 0.1) is 22.7 Å². The molecular weight excluding hydrogens is 244 g/mol. The molecule has 0 amide bonds. The summed E-state index contributed by atoms with van der Waals surface area (Å²) in [7, 11) is 0. The molecule has 1 heteroatoms. The van der Waals surface area contributed by atoms with Crippen molar-refractivity contribution in [1.29, 1.82) is 0 Å². The molecule has 4 aliphatic carbocycles. The van der Waals surface area contributed by atoms with Gasteiger partial charge in [0, 0.05) is 11.8 Å². The molecular formula is C19H26O. The molecule has 0 aromatic rings. The molecule has 0 aromatic carbocycles. The number of allylic oxidation sites excluding steroid dienone is 4. The van der Waals surface area contributed by atoms with E-state index in [0.29, 0.717) is 23.5 Å². The predicted octanol–water partition coefficient (Wildman–Crippen LogP) is 4.83. The minimum Gasteiger partial charge on any atom is -0.298 e. The largest absolute Gasteiger partial charge is 0.298 e. The third kappa shape index (κ3) is 1.47. The fourth-order valence-electron chi connectivity index (χ4n) is 5.86. The number of carbonyl (C=O) groups is 1. The zero-order valence-electron chi connectivity index (χ0n) is 12.9. The van der Waals surface area contributed by atoms with Crippen LogP contribution in [-0.2, 0) is 4.79 Å². The Morgan fingerprint density at radius 3 is 2.85 bits per heavy atom. The van der Waals surface area contributed by atoms with Crippen molar-refractivity contribution in [2.24, 2.45) is 22.7 Å². The molecule has 0 heterocycles. The molecule has 0 aliphatic heterocycles. The lowest BCUT2D eigenvalue weighted by atomic mass is 9.50. The summed E-state index contributed by atoms with van der Waals surface area (Å²) in [5, 5.41) is 0. The van der Waals surface area contributed by atoms with E-state index in [4.69, 9.17) is 0 Å². The fourth-order valence-corrected chi connectivity index (χ4v) is 5.86. The van der Waals surface area contributed by atoms with Crippen molar-refractivity contribution in [2.75, 3.05) is 0 Å². The summed E-state index contributed by atoms with van der Waals surface area (Å²) in [6.07, 6.45) is 14.6. The van der Waals surface area contributed by atoms with Crippen LogP contribution in [0.25, 0.3) is 0 Å². The van der Waals surface area contributed by atoms with Gasteiger partial charge in [-0.15, -0.1) is 0 Å². The first-order chi connectivity index (χ1) is 9.56. The van der Waals surface area contributed by atoms with E-state index in [0.717, 1.165) is 12.3 Å². The topological polar surface area (TPSA) is 17.1 Å². The summed E-state index contributed by atoms with van der Waals surface area (Å²) >= 11 is 0. The van der Waals surface area contributed by atoms with Gasteiger partial charge in [0.05, 0.1) is 0 Å². The van der Waals surface area contributed by atoms with Gasteiger partial charge in [0.2, 0.25) is 0 Å². The van der Waals surface area contributed by atoms with Crippen LogP contribution in [0.1, 0.15) is 65.2 Å². The highest BCUT2D eigenvalue weighted by atomic mass is 16.1. The van der Waals surface area contributed by atoms with Crippen molar-refractivity contribution >= 4 is 5.78 Å². The molecule has 4 rings (SSSR count). The van der Waals surface area contributed by atoms with Crippen molar-refractivity contribution in [2.45, 2.75) is 65.2 Å². The zero-order chi connectivity index (χ0) is 14.0. The second kappa shape index (κ2) is 4.08. The Morgan fingerprint density at radius 1 is 1.15 bits per heavy atom. The van der Waals surface area contributed by atoms with Gasteiger partial charge in [0.1, 0.15) is 5.78 Å². The number of rotatable bonds is 0. The average molecular weight is 270 g/mol. The van der Waals surface area contributed by atoms with E-state index >= 15 is 0 Å². The third-order valence-electron chi connectivity index (χ3n) is 7.16. The fraction of sp³-hybridized carbons (Fsp3) is 0.737. The number of fused-ring (bicyclic) bond motifs is 5. The quantitative estimate of drug-likeness (QED) is 0.576. The van der Waals surface area contributed by atoms with Gasteiger partial charge in [0.25, 0.3) is 0 Å². The maximum Gasteiger partial charge on any atom is 0.146 e. The predicted molar refractivity (Wildman–Crippen MR) is 81.3 cm³/mol. The first-order valence-electron chi connectivity index (χ1n) is 8.49. The van der Waals surface area contributed by atoms with Crippen molar-refractivity contribution in [3.05, 3.63) is 23.3 Å². The highest BCUT2D eigenvalue weighted by Crippen LogP contribution is 2.62. The Hall–Kier alpha value is -0.850. The first-order valence-corrected chi connectivity index (χ1v) is 8.49. The Labute approximate surface area is 122 Å². The number of Topliss-reactive ketones (excluding diaryl/α,β-unsaturated/α-hetero) is 1. The Bertz CT molecular complexity index is 526. The number of ketones is 1. The molecule has 0 saturated heterocycles. The lowest BCUT2D eigenvalue weighted by molar-refractivity contribution is -0.126. The monoisotopic (exact) mass is 270 g/mol. The van der Waals surface area contributed by atoms with Crippen molar-refractivity contribution in [1.82, 2.24) is 0 Å². The maximum atomic E-state index is 12.3. The molecule has 1 nitrogen and oxygen atoms in total. The van der Waals surface area contributed by atoms with E-state index in [-0.39, 0.29) is 5.41 Å². The highest BCUT2D eigenvalue weighted by Gasteiger charge is 2.54. The minimum absolute atomic E-state index is 0.0997. The molecule has 108 valence electrons. The smallest absolute Gasteiger partial charge is 0.146 e. The lowest BCUT2D eigenvalue weighted by Gasteiger charge is -2.54. The van der Waals surface area contributed by atoms with Crippen LogP contribution in [-0.4, -0.2) is 5.78 Å². The summed E-state index contributed by atoms with van der Waals surface area (Å²) in [5.74, 6) is 1.94. The van der Waals surface area contributed by atoms with E-state index in [9.17, 15) is 4.79 Å². The molecule has 20 heavy (non-hydrogen) atoms. The average Bonchev–Trinajstić information content (AvgIpc) is 2.74. The zero-order valence-corrected chi connectivity index (χ0v) is 12.9. The second-order valence-electron chi connectivity index (χ2n) is 7.96. The van der Waals surface area contributed by atoms with Crippen molar-refractivity contribution in [3.8, 4) is 0 Å². The minimum atomic E-state index is -0.0997. The second-order valence-corrected chi connectivity index (χ2v) is 7.96. The third-order valence-corrected chi connectivity index (χ3v) is 7.16. The first kappa shape index (κ1) is 12.9. The molecule has 0 aromatic heterocycles. The summed E-state index contributed by atoms with van der Waals surface area (Å²) in [6, 6.07) is 0.